The molecule has 0 spiro atoms. The molecule has 0 aromatic heterocycles. The summed E-state index contributed by atoms with van der Waals surface area (Å²) in [5, 5.41) is 9.53. The van der Waals surface area contributed by atoms with Crippen LogP contribution in [0.15, 0.2) is 0 Å². The quantitative estimate of drug-likeness (QED) is 0.475. The summed E-state index contributed by atoms with van der Waals surface area (Å²) in [5.74, 6) is -1.67. The molecule has 0 atom stereocenters. The third kappa shape index (κ3) is 5.59. The van der Waals surface area contributed by atoms with Crippen LogP contribution in [0.25, 0.3) is 0 Å². The largest absolute Gasteiger partial charge is 1.00 e. The van der Waals surface area contributed by atoms with Crippen LogP contribution in [0.5, 0.6) is 0 Å². The molecule has 0 bridgehead atoms. The Morgan fingerprint density at radius 2 is 1.75 bits per heavy atom. The number of carboxylic acid groups (broad SMARTS) is 1. The fourth-order valence-electron chi connectivity index (χ4n) is 0. The van der Waals surface area contributed by atoms with E-state index in [0.29, 0.717) is 0 Å². The summed E-state index contributed by atoms with van der Waals surface area (Å²) < 4.78 is 11.8. The number of carbonyl (C=O) groups is 1. The second kappa shape index (κ2) is 4.30. The molecule has 0 heterocycles. The molecule has 0 N–H and O–H groups in total. The molecule has 0 rings (SSSR count). The molecule has 0 radical (unpaired) electrons. The maximum absolute atomic E-state index is 11.8. The molecular formula is C4H6CsFO2. The molecule has 2 nitrogen and oxygen atoms in total. The van der Waals surface area contributed by atoms with Crippen molar-refractivity contribution in [2.45, 2.75) is 19.5 Å². The van der Waals surface area contributed by atoms with Crippen LogP contribution in [-0.4, -0.2) is 11.6 Å². The van der Waals surface area contributed by atoms with Crippen molar-refractivity contribution in [3.8, 4) is 0 Å². The Morgan fingerprint density at radius 3 is 1.75 bits per heavy atom. The summed E-state index contributed by atoms with van der Waals surface area (Å²) in [4.78, 5) is 9.53. The summed E-state index contributed by atoms with van der Waals surface area (Å²) in [5.41, 5.74) is -2.19. The van der Waals surface area contributed by atoms with Crippen LogP contribution < -0.4 is 74.0 Å². The van der Waals surface area contributed by atoms with Gasteiger partial charge in [0.25, 0.3) is 0 Å². The number of rotatable bonds is 1. The first-order valence-corrected chi connectivity index (χ1v) is 1.85. The van der Waals surface area contributed by atoms with Crippen LogP contribution >= 0.6 is 0 Å². The van der Waals surface area contributed by atoms with Gasteiger partial charge in [0, 0.05) is 0 Å². The molecule has 0 saturated carbocycles. The van der Waals surface area contributed by atoms with Crippen LogP contribution in [0.2, 0.25) is 0 Å². The number of carboxylic acids is 1. The Hall–Kier alpha value is 1.45. The van der Waals surface area contributed by atoms with Crippen LogP contribution in [-0.2, 0) is 4.79 Å². The fraction of sp³-hybridized carbons (Fsp3) is 0.750. The molecule has 0 aromatic rings. The topological polar surface area (TPSA) is 40.1 Å². The number of hydrogen-bond donors (Lipinski definition) is 0. The van der Waals surface area contributed by atoms with Crippen molar-refractivity contribution in [3.05, 3.63) is 0 Å². The van der Waals surface area contributed by atoms with Crippen LogP contribution in [0, 0.1) is 0 Å². The molecule has 42 valence electrons. The predicted molar refractivity (Wildman–Crippen MR) is 20.2 cm³/mol. The van der Waals surface area contributed by atoms with E-state index in [1.807, 2.05) is 0 Å². The van der Waals surface area contributed by atoms with Crippen molar-refractivity contribution in [2.24, 2.45) is 0 Å². The molecule has 0 unspecified atom stereocenters. The predicted octanol–water partition coefficient (Wildman–Crippen LogP) is -3.51. The molecule has 0 amide bonds. The monoisotopic (exact) mass is 238 g/mol. The summed E-state index contributed by atoms with van der Waals surface area (Å²) in [7, 11) is 0. The van der Waals surface area contributed by atoms with Gasteiger partial charge in [-0.3, -0.25) is 0 Å². The summed E-state index contributed by atoms with van der Waals surface area (Å²) in [6.45, 7) is 1.87. The molecule has 4 heteroatoms. The zero-order chi connectivity index (χ0) is 6.08. The zero-order valence-corrected chi connectivity index (χ0v) is 11.5. The molecule has 0 saturated heterocycles. The van der Waals surface area contributed by atoms with Gasteiger partial charge in [0.2, 0.25) is 0 Å². The van der Waals surface area contributed by atoms with E-state index < -0.39 is 11.6 Å². The van der Waals surface area contributed by atoms with Crippen molar-refractivity contribution >= 4 is 5.97 Å². The van der Waals surface area contributed by atoms with Crippen molar-refractivity contribution in [1.29, 1.82) is 0 Å². The Morgan fingerprint density at radius 1 is 1.62 bits per heavy atom. The molecule has 0 aliphatic carbocycles. The van der Waals surface area contributed by atoms with Crippen LogP contribution in [0.4, 0.5) is 4.39 Å². The Bertz CT molecular complexity index is 86.5. The van der Waals surface area contributed by atoms with Gasteiger partial charge in [-0.2, -0.15) is 0 Å². The minimum absolute atomic E-state index is 0. The number of hydrogen-bond acceptors (Lipinski definition) is 2. The SMILES string of the molecule is CC(C)(F)C(=O)[O-].[Cs+]. The van der Waals surface area contributed by atoms with Crippen molar-refractivity contribution in [2.75, 3.05) is 0 Å². The maximum Gasteiger partial charge on any atom is 1.00 e. The molecule has 0 aromatic carbocycles. The van der Waals surface area contributed by atoms with Gasteiger partial charge in [-0.15, -0.1) is 0 Å². The Labute approximate surface area is 106 Å². The molecule has 8 heavy (non-hydrogen) atoms. The second-order valence-electron chi connectivity index (χ2n) is 1.76. The van der Waals surface area contributed by atoms with Gasteiger partial charge in [0.1, 0.15) is 5.67 Å². The van der Waals surface area contributed by atoms with Crippen LogP contribution in [0.1, 0.15) is 13.8 Å². The third-order valence-electron chi connectivity index (χ3n) is 0.485. The number of carbonyl (C=O) groups excluding carboxylic acids is 1. The van der Waals surface area contributed by atoms with Gasteiger partial charge in [0.05, 0.1) is 5.97 Å². The Balaban J connectivity index is 0. The summed E-state index contributed by atoms with van der Waals surface area (Å²) in [6, 6.07) is 0. The van der Waals surface area contributed by atoms with Crippen molar-refractivity contribution in [3.63, 3.8) is 0 Å². The Kier molecular flexibility index (Phi) is 6.53. The number of aliphatic carboxylic acids is 1. The fourth-order valence-corrected chi connectivity index (χ4v) is 0. The van der Waals surface area contributed by atoms with E-state index in [1.54, 1.807) is 0 Å². The minimum Gasteiger partial charge on any atom is -0.547 e. The van der Waals surface area contributed by atoms with Gasteiger partial charge >= 0.3 is 68.9 Å². The van der Waals surface area contributed by atoms with E-state index in [-0.39, 0.29) is 68.9 Å². The van der Waals surface area contributed by atoms with Crippen LogP contribution in [0.3, 0.4) is 0 Å². The zero-order valence-electron chi connectivity index (χ0n) is 5.19. The second-order valence-corrected chi connectivity index (χ2v) is 1.76. The first kappa shape index (κ1) is 12.2. The first-order chi connectivity index (χ1) is 2.94. The van der Waals surface area contributed by atoms with Gasteiger partial charge in [-0.1, -0.05) is 0 Å². The maximum atomic E-state index is 11.8. The molecule has 0 fully saturated rings. The van der Waals surface area contributed by atoms with E-state index in [4.69, 9.17) is 0 Å². The molecule has 0 aliphatic heterocycles. The van der Waals surface area contributed by atoms with E-state index in [0.717, 1.165) is 13.8 Å². The van der Waals surface area contributed by atoms with E-state index in [2.05, 4.69) is 0 Å². The van der Waals surface area contributed by atoms with Crippen molar-refractivity contribution < 1.29 is 83.2 Å². The summed E-state index contributed by atoms with van der Waals surface area (Å²) in [6.07, 6.45) is 0. The van der Waals surface area contributed by atoms with Gasteiger partial charge in [-0.05, 0) is 13.8 Å². The van der Waals surface area contributed by atoms with E-state index in [1.165, 1.54) is 0 Å². The van der Waals surface area contributed by atoms with E-state index >= 15 is 0 Å². The average Bonchev–Trinajstić information content (AvgIpc) is 1.31. The minimum atomic E-state index is -2.19. The molecule has 0 aliphatic rings. The summed E-state index contributed by atoms with van der Waals surface area (Å²) >= 11 is 0. The van der Waals surface area contributed by atoms with Gasteiger partial charge in [0.15, 0.2) is 0 Å². The first-order valence-electron chi connectivity index (χ1n) is 1.85. The normalized spacial score (nSPS) is 9.88. The third-order valence-corrected chi connectivity index (χ3v) is 0.485. The van der Waals surface area contributed by atoms with Gasteiger partial charge in [-0.25, -0.2) is 4.39 Å². The smallest absolute Gasteiger partial charge is 0.547 e. The van der Waals surface area contributed by atoms with Gasteiger partial charge < -0.3 is 9.90 Å². The average molecular weight is 238 g/mol. The standard InChI is InChI=1S/C4H7FO2.Cs/c1-4(2,5)3(6)7;/h1-2H3,(H,6,7);/q;+1/p-1. The molecular weight excluding hydrogens is 232 g/mol. The van der Waals surface area contributed by atoms with E-state index in [9.17, 15) is 14.3 Å². The van der Waals surface area contributed by atoms with Crippen molar-refractivity contribution in [1.82, 2.24) is 0 Å². The number of halogens is 1. The number of alkyl halides is 1.